The number of halogens is 1. The SMILES string of the molecule is O=c1c2ccc(-c3cc(F)cc(N4CCC4)c3)cc2cnn1-c1ccccn1. The average molecular weight is 372 g/mol. The van der Waals surface area contributed by atoms with Crippen molar-refractivity contribution in [3.63, 3.8) is 0 Å². The predicted octanol–water partition coefficient (Wildman–Crippen LogP) is 3.80. The third-order valence-corrected chi connectivity index (χ3v) is 5.09. The van der Waals surface area contributed by atoms with E-state index in [1.54, 1.807) is 36.7 Å². The largest absolute Gasteiger partial charge is 0.371 e. The van der Waals surface area contributed by atoms with Gasteiger partial charge in [-0.25, -0.2) is 9.37 Å². The fraction of sp³-hybridized carbons (Fsp3) is 0.136. The maximum absolute atomic E-state index is 14.2. The normalized spacial score (nSPS) is 13.5. The van der Waals surface area contributed by atoms with Crippen LogP contribution in [0.1, 0.15) is 6.42 Å². The number of pyridine rings is 1. The van der Waals surface area contributed by atoms with E-state index in [9.17, 15) is 9.18 Å². The second kappa shape index (κ2) is 6.56. The number of anilines is 1. The Bertz CT molecular complexity index is 1230. The Balaban J connectivity index is 1.60. The molecule has 4 aromatic rings. The van der Waals surface area contributed by atoms with Gasteiger partial charge in [-0.15, -0.1) is 0 Å². The van der Waals surface area contributed by atoms with Crippen molar-refractivity contribution in [1.82, 2.24) is 14.8 Å². The zero-order valence-electron chi connectivity index (χ0n) is 15.0. The lowest BCUT2D eigenvalue weighted by Gasteiger charge is -2.33. The summed E-state index contributed by atoms with van der Waals surface area (Å²) in [5.74, 6) is 0.214. The van der Waals surface area contributed by atoms with Crippen LogP contribution in [0.3, 0.4) is 0 Å². The molecule has 1 saturated heterocycles. The van der Waals surface area contributed by atoms with Crippen LogP contribution in [0, 0.1) is 5.82 Å². The first-order valence-corrected chi connectivity index (χ1v) is 9.18. The van der Waals surface area contributed by atoms with E-state index in [1.807, 2.05) is 24.3 Å². The highest BCUT2D eigenvalue weighted by atomic mass is 19.1. The molecule has 1 fully saturated rings. The number of hydrogen-bond acceptors (Lipinski definition) is 4. The van der Waals surface area contributed by atoms with Gasteiger partial charge in [-0.05, 0) is 60.0 Å². The molecule has 2 aromatic carbocycles. The summed E-state index contributed by atoms with van der Waals surface area (Å²) in [6, 6.07) is 15.9. The second-order valence-corrected chi connectivity index (χ2v) is 6.89. The molecule has 28 heavy (non-hydrogen) atoms. The predicted molar refractivity (Wildman–Crippen MR) is 107 cm³/mol. The zero-order chi connectivity index (χ0) is 19.1. The Morgan fingerprint density at radius 1 is 0.964 bits per heavy atom. The van der Waals surface area contributed by atoms with E-state index in [0.717, 1.165) is 36.3 Å². The fourth-order valence-electron chi connectivity index (χ4n) is 3.47. The minimum absolute atomic E-state index is 0.233. The van der Waals surface area contributed by atoms with Crippen molar-refractivity contribution in [3.8, 4) is 16.9 Å². The van der Waals surface area contributed by atoms with Gasteiger partial charge in [-0.2, -0.15) is 9.78 Å². The van der Waals surface area contributed by atoms with Crippen LogP contribution in [-0.2, 0) is 0 Å². The van der Waals surface area contributed by atoms with Crippen LogP contribution < -0.4 is 10.5 Å². The minimum atomic E-state index is -0.261. The number of hydrogen-bond donors (Lipinski definition) is 0. The van der Waals surface area contributed by atoms with Crippen molar-refractivity contribution < 1.29 is 4.39 Å². The standard InChI is InChI=1S/C22H17FN4O/c23-18-11-16(12-19(13-18)26-8-3-9-26)15-5-6-20-17(10-15)14-25-27(22(20)28)21-4-1-2-7-24-21/h1-2,4-7,10-14H,3,8-9H2. The first-order chi connectivity index (χ1) is 13.7. The third kappa shape index (κ3) is 2.83. The van der Waals surface area contributed by atoms with Crippen molar-refractivity contribution in [2.45, 2.75) is 6.42 Å². The molecule has 1 aliphatic heterocycles. The van der Waals surface area contributed by atoms with Gasteiger partial charge in [0.25, 0.3) is 5.56 Å². The Labute approximate surface area is 160 Å². The van der Waals surface area contributed by atoms with E-state index in [4.69, 9.17) is 0 Å². The molecule has 0 saturated carbocycles. The molecule has 0 N–H and O–H groups in total. The summed E-state index contributed by atoms with van der Waals surface area (Å²) in [4.78, 5) is 19.2. The Morgan fingerprint density at radius 2 is 1.86 bits per heavy atom. The van der Waals surface area contributed by atoms with Crippen LogP contribution in [0.2, 0.25) is 0 Å². The van der Waals surface area contributed by atoms with Crippen molar-refractivity contribution in [1.29, 1.82) is 0 Å². The molecule has 3 heterocycles. The van der Waals surface area contributed by atoms with Gasteiger partial charge in [0.05, 0.1) is 11.6 Å². The lowest BCUT2D eigenvalue weighted by molar-refractivity contribution is 0.603. The van der Waals surface area contributed by atoms with Gasteiger partial charge in [-0.3, -0.25) is 4.79 Å². The highest BCUT2D eigenvalue weighted by molar-refractivity contribution is 5.86. The highest BCUT2D eigenvalue weighted by Gasteiger charge is 2.16. The molecule has 0 atom stereocenters. The summed E-state index contributed by atoms with van der Waals surface area (Å²) in [6.45, 7) is 1.91. The Kier molecular flexibility index (Phi) is 3.90. The van der Waals surface area contributed by atoms with Gasteiger partial charge in [-0.1, -0.05) is 12.1 Å². The summed E-state index contributed by atoms with van der Waals surface area (Å²) in [5, 5.41) is 5.51. The summed E-state index contributed by atoms with van der Waals surface area (Å²) >= 11 is 0. The summed E-state index contributed by atoms with van der Waals surface area (Å²) in [5.41, 5.74) is 2.30. The van der Waals surface area contributed by atoms with E-state index in [0.29, 0.717) is 16.6 Å². The number of nitrogens with zero attached hydrogens (tertiary/aromatic N) is 4. The van der Waals surface area contributed by atoms with Gasteiger partial charge in [0.2, 0.25) is 0 Å². The van der Waals surface area contributed by atoms with E-state index in [1.165, 1.54) is 10.7 Å². The first-order valence-electron chi connectivity index (χ1n) is 9.18. The van der Waals surface area contributed by atoms with Gasteiger partial charge in [0.15, 0.2) is 5.82 Å². The van der Waals surface area contributed by atoms with Crippen molar-refractivity contribution in [2.24, 2.45) is 0 Å². The van der Waals surface area contributed by atoms with E-state index in [-0.39, 0.29) is 11.4 Å². The topological polar surface area (TPSA) is 51.0 Å². The van der Waals surface area contributed by atoms with Crippen LogP contribution in [-0.4, -0.2) is 27.9 Å². The van der Waals surface area contributed by atoms with E-state index >= 15 is 0 Å². The summed E-state index contributed by atoms with van der Waals surface area (Å²) < 4.78 is 15.4. The quantitative estimate of drug-likeness (QED) is 0.549. The van der Waals surface area contributed by atoms with Crippen LogP contribution in [0.25, 0.3) is 27.7 Å². The van der Waals surface area contributed by atoms with Crippen molar-refractivity contribution in [2.75, 3.05) is 18.0 Å². The zero-order valence-corrected chi connectivity index (χ0v) is 15.0. The molecule has 0 radical (unpaired) electrons. The molecular weight excluding hydrogens is 355 g/mol. The van der Waals surface area contributed by atoms with Crippen molar-refractivity contribution >= 4 is 16.5 Å². The van der Waals surface area contributed by atoms with Crippen LogP contribution in [0.15, 0.2) is 71.8 Å². The lowest BCUT2D eigenvalue weighted by atomic mass is 10.0. The number of aromatic nitrogens is 3. The summed E-state index contributed by atoms with van der Waals surface area (Å²) in [6.07, 6.45) is 4.40. The Hall–Kier alpha value is -3.54. The second-order valence-electron chi connectivity index (χ2n) is 6.89. The lowest BCUT2D eigenvalue weighted by Crippen LogP contribution is -2.37. The van der Waals surface area contributed by atoms with Gasteiger partial charge in [0.1, 0.15) is 5.82 Å². The fourth-order valence-corrected chi connectivity index (χ4v) is 3.47. The monoisotopic (exact) mass is 372 g/mol. The Morgan fingerprint density at radius 3 is 2.61 bits per heavy atom. The van der Waals surface area contributed by atoms with Gasteiger partial charge < -0.3 is 4.90 Å². The highest BCUT2D eigenvalue weighted by Crippen LogP contribution is 2.30. The molecule has 1 aliphatic rings. The van der Waals surface area contributed by atoms with E-state index < -0.39 is 0 Å². The minimum Gasteiger partial charge on any atom is -0.371 e. The van der Waals surface area contributed by atoms with Crippen LogP contribution in [0.4, 0.5) is 10.1 Å². The molecule has 0 bridgehead atoms. The smallest absolute Gasteiger partial charge is 0.280 e. The maximum Gasteiger partial charge on any atom is 0.280 e. The number of rotatable bonds is 3. The van der Waals surface area contributed by atoms with Crippen molar-refractivity contribution in [3.05, 3.63) is 83.2 Å². The molecule has 2 aromatic heterocycles. The molecule has 6 heteroatoms. The third-order valence-electron chi connectivity index (χ3n) is 5.09. The molecule has 0 spiro atoms. The molecule has 138 valence electrons. The van der Waals surface area contributed by atoms with Gasteiger partial charge >= 0.3 is 0 Å². The molecule has 0 amide bonds. The number of fused-ring (bicyclic) bond motifs is 1. The maximum atomic E-state index is 14.2. The van der Waals surface area contributed by atoms with Crippen LogP contribution >= 0.6 is 0 Å². The molecule has 0 aliphatic carbocycles. The van der Waals surface area contributed by atoms with E-state index in [2.05, 4.69) is 15.0 Å². The molecule has 5 rings (SSSR count). The molecule has 5 nitrogen and oxygen atoms in total. The average Bonchev–Trinajstić information content (AvgIpc) is 2.67. The van der Waals surface area contributed by atoms with Crippen LogP contribution in [0.5, 0.6) is 0 Å². The number of benzene rings is 2. The molecule has 0 unspecified atom stereocenters. The molecular formula is C22H17FN4O. The first kappa shape index (κ1) is 16.6. The van der Waals surface area contributed by atoms with Gasteiger partial charge in [0, 0.05) is 30.4 Å². The summed E-state index contributed by atoms with van der Waals surface area (Å²) in [7, 11) is 0.